The summed E-state index contributed by atoms with van der Waals surface area (Å²) in [5, 5.41) is 2.50. The van der Waals surface area contributed by atoms with E-state index in [0.29, 0.717) is 11.1 Å². The highest BCUT2D eigenvalue weighted by molar-refractivity contribution is 7.89. The molecular weight excluding hydrogens is 355 g/mol. The minimum Gasteiger partial charge on any atom is -0.325 e. The second-order valence-electron chi connectivity index (χ2n) is 6.43. The first kappa shape index (κ1) is 20.1. The van der Waals surface area contributed by atoms with Crippen LogP contribution in [-0.4, -0.2) is 20.4 Å². The van der Waals surface area contributed by atoms with Gasteiger partial charge in [0.2, 0.25) is 15.9 Å². The zero-order valence-electron chi connectivity index (χ0n) is 15.5. The van der Waals surface area contributed by atoms with E-state index in [2.05, 4.69) is 10.0 Å². The highest BCUT2D eigenvalue weighted by Gasteiger charge is 2.26. The van der Waals surface area contributed by atoms with Gasteiger partial charge in [0.1, 0.15) is 5.82 Å². The Labute approximate surface area is 153 Å². The van der Waals surface area contributed by atoms with E-state index in [-0.39, 0.29) is 10.6 Å². The maximum atomic E-state index is 13.2. The quantitative estimate of drug-likeness (QED) is 0.838. The first-order valence-corrected chi connectivity index (χ1v) is 9.67. The molecule has 2 rings (SSSR count). The largest absolute Gasteiger partial charge is 0.325 e. The van der Waals surface area contributed by atoms with Gasteiger partial charge in [-0.25, -0.2) is 12.8 Å². The van der Waals surface area contributed by atoms with Crippen LogP contribution in [0, 0.1) is 33.5 Å². The number of anilines is 1. The van der Waals surface area contributed by atoms with Crippen LogP contribution >= 0.6 is 0 Å². The molecule has 0 fully saturated rings. The molecule has 2 N–H and O–H groups in total. The number of carbonyl (C=O) groups excluding carboxylic acids is 1. The van der Waals surface area contributed by atoms with Crippen molar-refractivity contribution in [2.24, 2.45) is 0 Å². The maximum Gasteiger partial charge on any atom is 0.242 e. The molecule has 0 bridgehead atoms. The Bertz CT molecular complexity index is 929. The van der Waals surface area contributed by atoms with Crippen LogP contribution in [0.5, 0.6) is 0 Å². The van der Waals surface area contributed by atoms with Gasteiger partial charge in [-0.05, 0) is 75.1 Å². The number of halogens is 1. The number of nitrogens with one attached hydrogen (secondary N) is 2. The van der Waals surface area contributed by atoms with E-state index < -0.39 is 27.8 Å². The number of amides is 1. The molecule has 2 aromatic carbocycles. The summed E-state index contributed by atoms with van der Waals surface area (Å²) in [6.07, 6.45) is 0. The van der Waals surface area contributed by atoms with Crippen molar-refractivity contribution in [2.45, 2.75) is 45.6 Å². The monoisotopic (exact) mass is 378 g/mol. The summed E-state index contributed by atoms with van der Waals surface area (Å²) >= 11 is 0. The minimum absolute atomic E-state index is 0.195. The van der Waals surface area contributed by atoms with Crippen LogP contribution in [0.4, 0.5) is 10.1 Å². The van der Waals surface area contributed by atoms with Crippen LogP contribution in [0.3, 0.4) is 0 Å². The molecule has 0 saturated carbocycles. The smallest absolute Gasteiger partial charge is 0.242 e. The number of carbonyl (C=O) groups is 1. The van der Waals surface area contributed by atoms with Gasteiger partial charge in [0.05, 0.1) is 10.9 Å². The average Bonchev–Trinajstić information content (AvgIpc) is 2.52. The van der Waals surface area contributed by atoms with Crippen molar-refractivity contribution in [1.82, 2.24) is 4.72 Å². The zero-order valence-corrected chi connectivity index (χ0v) is 16.3. The fourth-order valence-corrected chi connectivity index (χ4v) is 4.56. The summed E-state index contributed by atoms with van der Waals surface area (Å²) in [5.41, 5.74) is 3.30. The zero-order chi connectivity index (χ0) is 19.6. The molecule has 26 heavy (non-hydrogen) atoms. The minimum atomic E-state index is -3.90. The van der Waals surface area contributed by atoms with E-state index in [9.17, 15) is 17.6 Å². The van der Waals surface area contributed by atoms with Crippen molar-refractivity contribution in [3.63, 3.8) is 0 Å². The van der Waals surface area contributed by atoms with Crippen LogP contribution in [0.1, 0.15) is 29.2 Å². The lowest BCUT2D eigenvalue weighted by molar-refractivity contribution is -0.117. The normalized spacial score (nSPS) is 12.7. The molecule has 1 atom stereocenters. The first-order valence-electron chi connectivity index (χ1n) is 8.19. The van der Waals surface area contributed by atoms with Gasteiger partial charge in [0.25, 0.3) is 0 Å². The Hall–Kier alpha value is -2.25. The summed E-state index contributed by atoms with van der Waals surface area (Å²) < 4.78 is 41.3. The van der Waals surface area contributed by atoms with E-state index in [0.717, 1.165) is 17.2 Å². The molecule has 0 aliphatic carbocycles. The molecule has 0 aliphatic heterocycles. The molecule has 2 aromatic rings. The van der Waals surface area contributed by atoms with Crippen LogP contribution in [0.15, 0.2) is 35.2 Å². The number of hydrogen-bond acceptors (Lipinski definition) is 3. The molecule has 0 radical (unpaired) electrons. The Kier molecular flexibility index (Phi) is 5.83. The number of sulfonamides is 1. The van der Waals surface area contributed by atoms with Gasteiger partial charge in [0.15, 0.2) is 0 Å². The number of hydrogen-bond donors (Lipinski definition) is 2. The predicted molar refractivity (Wildman–Crippen MR) is 100 cm³/mol. The Morgan fingerprint density at radius 3 is 2.15 bits per heavy atom. The van der Waals surface area contributed by atoms with Crippen molar-refractivity contribution in [3.8, 4) is 0 Å². The summed E-state index contributed by atoms with van der Waals surface area (Å²) in [6.45, 7) is 8.63. The average molecular weight is 378 g/mol. The van der Waals surface area contributed by atoms with E-state index in [1.807, 2.05) is 19.9 Å². The van der Waals surface area contributed by atoms with Crippen molar-refractivity contribution in [2.75, 3.05) is 5.32 Å². The molecule has 140 valence electrons. The summed E-state index contributed by atoms with van der Waals surface area (Å²) in [6, 6.07) is 6.32. The second-order valence-corrected chi connectivity index (χ2v) is 8.08. The van der Waals surface area contributed by atoms with Gasteiger partial charge >= 0.3 is 0 Å². The highest BCUT2D eigenvalue weighted by atomic mass is 32.2. The summed E-state index contributed by atoms with van der Waals surface area (Å²) in [5.74, 6) is -1.06. The molecular formula is C19H23FN2O3S. The third-order valence-corrected chi connectivity index (χ3v) is 6.20. The van der Waals surface area contributed by atoms with E-state index >= 15 is 0 Å². The van der Waals surface area contributed by atoms with Gasteiger partial charge in [-0.2, -0.15) is 4.72 Å². The van der Waals surface area contributed by atoms with Crippen LogP contribution in [0.25, 0.3) is 0 Å². The fourth-order valence-electron chi connectivity index (χ4n) is 2.75. The first-order chi connectivity index (χ1) is 12.0. The predicted octanol–water partition coefficient (Wildman–Crippen LogP) is 3.36. The maximum absolute atomic E-state index is 13.2. The Morgan fingerprint density at radius 1 is 1.04 bits per heavy atom. The van der Waals surface area contributed by atoms with Crippen molar-refractivity contribution in [1.29, 1.82) is 0 Å². The van der Waals surface area contributed by atoms with Gasteiger partial charge in [0, 0.05) is 5.69 Å². The van der Waals surface area contributed by atoms with Gasteiger partial charge < -0.3 is 5.32 Å². The van der Waals surface area contributed by atoms with Crippen LogP contribution < -0.4 is 10.0 Å². The lowest BCUT2D eigenvalue weighted by Crippen LogP contribution is -2.42. The molecule has 0 spiro atoms. The molecule has 0 unspecified atom stereocenters. The number of rotatable bonds is 5. The van der Waals surface area contributed by atoms with Crippen LogP contribution in [-0.2, 0) is 14.8 Å². The third kappa shape index (κ3) is 4.28. The van der Waals surface area contributed by atoms with E-state index in [1.54, 1.807) is 13.8 Å². The van der Waals surface area contributed by atoms with E-state index in [1.165, 1.54) is 25.1 Å². The standard InChI is InChI=1S/C19H23FN2O3S/c1-11-9-12(2)14(4)18(13(11)3)26(24,25)22-15(5)19(23)21-17-8-6-7-16(20)10-17/h6-10,15,22H,1-5H3,(H,21,23)/t15-/m0/s1. The molecule has 5 nitrogen and oxygen atoms in total. The molecule has 7 heteroatoms. The van der Waals surface area contributed by atoms with Crippen molar-refractivity contribution < 1.29 is 17.6 Å². The number of benzene rings is 2. The molecule has 1 amide bonds. The third-order valence-electron chi connectivity index (χ3n) is 4.38. The molecule has 0 aliphatic rings. The lowest BCUT2D eigenvalue weighted by Gasteiger charge is -2.19. The molecule has 0 saturated heterocycles. The summed E-state index contributed by atoms with van der Waals surface area (Å²) in [4.78, 5) is 12.5. The molecule has 0 heterocycles. The molecule has 0 aromatic heterocycles. The van der Waals surface area contributed by atoms with Gasteiger partial charge in [-0.15, -0.1) is 0 Å². The topological polar surface area (TPSA) is 75.3 Å². The van der Waals surface area contributed by atoms with Gasteiger partial charge in [-0.1, -0.05) is 12.1 Å². The second kappa shape index (κ2) is 7.55. The van der Waals surface area contributed by atoms with Gasteiger partial charge in [-0.3, -0.25) is 4.79 Å². The Balaban J connectivity index is 2.25. The Morgan fingerprint density at radius 2 is 1.62 bits per heavy atom. The summed E-state index contributed by atoms with van der Waals surface area (Å²) in [7, 11) is -3.90. The number of aryl methyl sites for hydroxylation is 2. The lowest BCUT2D eigenvalue weighted by atomic mass is 10.0. The SMILES string of the molecule is Cc1cc(C)c(C)c(S(=O)(=O)N[C@@H](C)C(=O)Nc2cccc(F)c2)c1C. The fraction of sp³-hybridized carbons (Fsp3) is 0.316. The van der Waals surface area contributed by atoms with Crippen molar-refractivity contribution >= 4 is 21.6 Å². The van der Waals surface area contributed by atoms with Crippen molar-refractivity contribution in [3.05, 3.63) is 58.4 Å². The van der Waals surface area contributed by atoms with Crippen LogP contribution in [0.2, 0.25) is 0 Å². The van der Waals surface area contributed by atoms with E-state index in [4.69, 9.17) is 0 Å². The highest BCUT2D eigenvalue weighted by Crippen LogP contribution is 2.26.